The molecule has 0 aliphatic heterocycles. The fraction of sp³-hybridized carbons (Fsp3) is 0.273. The van der Waals surface area contributed by atoms with Crippen LogP contribution in [-0.2, 0) is 22.9 Å². The van der Waals surface area contributed by atoms with Gasteiger partial charge in [0, 0.05) is 36.1 Å². The highest BCUT2D eigenvalue weighted by atomic mass is 32.2. The quantitative estimate of drug-likeness (QED) is 0.391. The maximum atomic E-state index is 13.3. The molecule has 1 aliphatic rings. The number of nitrogens with zero attached hydrogens (tertiary/aromatic N) is 1. The molecule has 0 fully saturated rings. The fourth-order valence-electron chi connectivity index (χ4n) is 4.47. The number of H-pyrrole nitrogens is 2. The molecule has 2 aromatic heterocycles. The van der Waals surface area contributed by atoms with Crippen molar-refractivity contribution in [3.63, 3.8) is 0 Å². The molecular weight excluding hydrogens is 414 g/mol. The number of benzene rings is 2. The zero-order valence-corrected chi connectivity index (χ0v) is 18.1. The van der Waals surface area contributed by atoms with Gasteiger partial charge in [-0.3, -0.25) is 4.79 Å². The van der Waals surface area contributed by atoms with Gasteiger partial charge in [-0.2, -0.15) is 0 Å². The first-order valence-electron chi connectivity index (χ1n) is 10.2. The molecule has 0 amide bonds. The van der Waals surface area contributed by atoms with E-state index in [9.17, 15) is 13.2 Å². The van der Waals surface area contributed by atoms with Crippen molar-refractivity contribution in [1.29, 1.82) is 0 Å². The Labute approximate surface area is 179 Å². The summed E-state index contributed by atoms with van der Waals surface area (Å²) in [7, 11) is -2.21. The molecule has 0 saturated heterocycles. The van der Waals surface area contributed by atoms with Crippen LogP contribution in [0.15, 0.2) is 46.1 Å². The molecule has 0 spiro atoms. The van der Waals surface area contributed by atoms with Crippen molar-refractivity contribution in [2.24, 2.45) is 0 Å². The Kier molecular flexibility index (Phi) is 4.60. The largest absolute Gasteiger partial charge is 0.387 e. The Balaban J connectivity index is 1.49. The molecule has 4 aromatic rings. The SMILES string of the molecule is CNc1cc2nc(C)[nH]c(=O)c2cc1S(=O)(=O)NC1CCc2c([nH]c3ccccc23)C1. The van der Waals surface area contributed by atoms with E-state index in [1.165, 1.54) is 17.0 Å². The molecule has 31 heavy (non-hydrogen) atoms. The van der Waals surface area contributed by atoms with Crippen molar-refractivity contribution in [1.82, 2.24) is 19.7 Å². The van der Waals surface area contributed by atoms with E-state index in [4.69, 9.17) is 0 Å². The van der Waals surface area contributed by atoms with Crippen LogP contribution in [0, 0.1) is 6.92 Å². The molecule has 0 saturated carbocycles. The van der Waals surface area contributed by atoms with Crippen molar-refractivity contribution < 1.29 is 8.42 Å². The third kappa shape index (κ3) is 3.39. The predicted octanol–water partition coefficient (Wildman–Crippen LogP) is 2.59. The Morgan fingerprint density at radius 2 is 1.94 bits per heavy atom. The lowest BCUT2D eigenvalue weighted by Crippen LogP contribution is -2.39. The lowest BCUT2D eigenvalue weighted by Gasteiger charge is -2.24. The lowest BCUT2D eigenvalue weighted by atomic mass is 9.92. The number of para-hydroxylation sites is 1. The fourth-order valence-corrected chi connectivity index (χ4v) is 5.96. The summed E-state index contributed by atoms with van der Waals surface area (Å²) in [5, 5.41) is 4.37. The highest BCUT2D eigenvalue weighted by Crippen LogP contribution is 2.31. The molecule has 1 unspecified atom stereocenters. The smallest absolute Gasteiger partial charge is 0.258 e. The van der Waals surface area contributed by atoms with Crippen molar-refractivity contribution in [3.8, 4) is 0 Å². The van der Waals surface area contributed by atoms with E-state index in [2.05, 4.69) is 31.1 Å². The van der Waals surface area contributed by atoms with Crippen LogP contribution in [0.25, 0.3) is 21.8 Å². The van der Waals surface area contributed by atoms with E-state index in [0.29, 0.717) is 29.9 Å². The number of aromatic nitrogens is 3. The molecule has 0 radical (unpaired) electrons. The molecule has 2 aromatic carbocycles. The van der Waals surface area contributed by atoms with Gasteiger partial charge in [-0.1, -0.05) is 18.2 Å². The standard InChI is InChI=1S/C22H23N5O3S/c1-12-24-19-11-20(23-2)21(10-16(19)22(28)25-12)31(29,30)27-13-7-8-15-14-5-3-4-6-17(14)26-18(15)9-13/h3-6,10-11,13,23,26-27H,7-9H2,1-2H3,(H,24,25,28). The van der Waals surface area contributed by atoms with Crippen LogP contribution in [0.1, 0.15) is 23.5 Å². The molecular formula is C22H23N5O3S. The van der Waals surface area contributed by atoms with E-state index in [0.717, 1.165) is 17.6 Å². The third-order valence-electron chi connectivity index (χ3n) is 5.90. The Bertz CT molecular complexity index is 1490. The average Bonchev–Trinajstić information content (AvgIpc) is 3.10. The Morgan fingerprint density at radius 3 is 2.74 bits per heavy atom. The van der Waals surface area contributed by atoms with E-state index in [1.807, 2.05) is 18.2 Å². The van der Waals surface area contributed by atoms with Crippen molar-refractivity contribution in [2.45, 2.75) is 37.1 Å². The van der Waals surface area contributed by atoms with Gasteiger partial charge in [-0.15, -0.1) is 0 Å². The summed E-state index contributed by atoms with van der Waals surface area (Å²) in [5.74, 6) is 0.477. The zero-order valence-electron chi connectivity index (χ0n) is 17.2. The number of sulfonamides is 1. The second-order valence-electron chi connectivity index (χ2n) is 7.96. The van der Waals surface area contributed by atoms with E-state index < -0.39 is 10.0 Å². The van der Waals surface area contributed by atoms with Crippen LogP contribution in [0.5, 0.6) is 0 Å². The van der Waals surface area contributed by atoms with Gasteiger partial charge < -0.3 is 15.3 Å². The van der Waals surface area contributed by atoms with E-state index in [1.54, 1.807) is 20.0 Å². The Morgan fingerprint density at radius 1 is 1.13 bits per heavy atom. The minimum Gasteiger partial charge on any atom is -0.387 e. The monoisotopic (exact) mass is 437 g/mol. The van der Waals surface area contributed by atoms with Crippen molar-refractivity contribution in [3.05, 3.63) is 63.8 Å². The van der Waals surface area contributed by atoms with Gasteiger partial charge in [0.05, 0.1) is 16.6 Å². The maximum absolute atomic E-state index is 13.3. The summed E-state index contributed by atoms with van der Waals surface area (Å²) >= 11 is 0. The van der Waals surface area contributed by atoms with Crippen LogP contribution in [0.3, 0.4) is 0 Å². The number of aryl methyl sites for hydroxylation is 2. The molecule has 0 bridgehead atoms. The normalized spacial score (nSPS) is 16.5. The molecule has 4 N–H and O–H groups in total. The predicted molar refractivity (Wildman–Crippen MR) is 121 cm³/mol. The summed E-state index contributed by atoms with van der Waals surface area (Å²) in [6.07, 6.45) is 2.09. The number of fused-ring (bicyclic) bond motifs is 4. The van der Waals surface area contributed by atoms with Gasteiger partial charge in [0.25, 0.3) is 5.56 Å². The number of nitrogens with one attached hydrogen (secondary N) is 4. The van der Waals surface area contributed by atoms with Crippen molar-refractivity contribution in [2.75, 3.05) is 12.4 Å². The summed E-state index contributed by atoms with van der Waals surface area (Å²) in [4.78, 5) is 22.8. The molecule has 160 valence electrons. The molecule has 1 atom stereocenters. The molecule has 8 nitrogen and oxygen atoms in total. The second kappa shape index (κ2) is 7.21. The van der Waals surface area contributed by atoms with E-state index in [-0.39, 0.29) is 21.9 Å². The average molecular weight is 438 g/mol. The van der Waals surface area contributed by atoms with Crippen LogP contribution in [0.2, 0.25) is 0 Å². The number of rotatable bonds is 4. The summed E-state index contributed by atoms with van der Waals surface area (Å²) in [5.41, 5.74) is 3.90. The first-order chi connectivity index (χ1) is 14.9. The minimum absolute atomic E-state index is 0.0427. The third-order valence-corrected chi connectivity index (χ3v) is 7.46. The number of hydrogen-bond acceptors (Lipinski definition) is 5. The van der Waals surface area contributed by atoms with Crippen LogP contribution < -0.4 is 15.6 Å². The first-order valence-corrected chi connectivity index (χ1v) is 11.7. The summed E-state index contributed by atoms with van der Waals surface area (Å²) in [6.45, 7) is 1.69. The van der Waals surface area contributed by atoms with Crippen LogP contribution >= 0.6 is 0 Å². The van der Waals surface area contributed by atoms with Gasteiger partial charge in [0.2, 0.25) is 10.0 Å². The molecule has 1 aliphatic carbocycles. The van der Waals surface area contributed by atoms with Gasteiger partial charge in [-0.05, 0) is 43.5 Å². The molecule has 2 heterocycles. The van der Waals surface area contributed by atoms with Gasteiger partial charge in [0.1, 0.15) is 10.7 Å². The highest BCUT2D eigenvalue weighted by molar-refractivity contribution is 7.89. The lowest BCUT2D eigenvalue weighted by molar-refractivity contribution is 0.505. The summed E-state index contributed by atoms with van der Waals surface area (Å²) in [6, 6.07) is 10.9. The molecule has 9 heteroatoms. The Hall–Kier alpha value is -3.17. The second-order valence-corrected chi connectivity index (χ2v) is 9.64. The van der Waals surface area contributed by atoms with Crippen molar-refractivity contribution >= 4 is 37.5 Å². The highest BCUT2D eigenvalue weighted by Gasteiger charge is 2.28. The number of hydrogen-bond donors (Lipinski definition) is 4. The topological polar surface area (TPSA) is 120 Å². The van der Waals surface area contributed by atoms with Crippen LogP contribution in [-0.4, -0.2) is 36.5 Å². The first kappa shape index (κ1) is 19.8. The van der Waals surface area contributed by atoms with Gasteiger partial charge in [-0.25, -0.2) is 18.1 Å². The minimum atomic E-state index is -3.86. The van der Waals surface area contributed by atoms with Gasteiger partial charge in [0.15, 0.2) is 0 Å². The van der Waals surface area contributed by atoms with Gasteiger partial charge >= 0.3 is 0 Å². The zero-order chi connectivity index (χ0) is 21.8. The van der Waals surface area contributed by atoms with E-state index >= 15 is 0 Å². The molecule has 5 rings (SSSR count). The summed E-state index contributed by atoms with van der Waals surface area (Å²) < 4.78 is 29.4. The number of anilines is 1. The maximum Gasteiger partial charge on any atom is 0.258 e. The van der Waals surface area contributed by atoms with Crippen LogP contribution in [0.4, 0.5) is 5.69 Å². The number of aromatic amines is 2.